The second kappa shape index (κ2) is 5.15. The van der Waals surface area contributed by atoms with Crippen LogP contribution in [0.25, 0.3) is 10.8 Å². The van der Waals surface area contributed by atoms with Gasteiger partial charge in [-0.15, -0.1) is 0 Å². The minimum atomic E-state index is 0.0149. The van der Waals surface area contributed by atoms with E-state index in [1.165, 1.54) is 16.5 Å². The lowest BCUT2D eigenvalue weighted by Crippen LogP contribution is -2.31. The van der Waals surface area contributed by atoms with E-state index in [1.54, 1.807) is 0 Å². The van der Waals surface area contributed by atoms with E-state index in [0.29, 0.717) is 6.54 Å². The van der Waals surface area contributed by atoms with Gasteiger partial charge in [0.05, 0.1) is 6.10 Å². The second-order valence-electron chi connectivity index (χ2n) is 5.96. The summed E-state index contributed by atoms with van der Waals surface area (Å²) in [4.78, 5) is 12.5. The average molecular weight is 281 g/mol. The molecule has 0 aromatic heterocycles. The lowest BCUT2D eigenvalue weighted by atomic mass is 9.99. The van der Waals surface area contributed by atoms with E-state index in [0.717, 1.165) is 43.2 Å². The average Bonchev–Trinajstić information content (AvgIpc) is 3.16. The zero-order chi connectivity index (χ0) is 14.2. The summed E-state index contributed by atoms with van der Waals surface area (Å²) in [5, 5.41) is 5.41. The molecule has 2 aromatic rings. The Hall–Kier alpha value is -1.87. The second-order valence-corrected chi connectivity index (χ2v) is 5.96. The minimum Gasteiger partial charge on any atom is -0.376 e. The fraction of sp³-hybridized carbons (Fsp3) is 0.389. The number of carbonyl (C=O) groups excluding carboxylic acids is 1. The molecule has 3 nitrogen and oxygen atoms in total. The van der Waals surface area contributed by atoms with Crippen LogP contribution in [0.4, 0.5) is 0 Å². The molecule has 3 heteroatoms. The van der Waals surface area contributed by atoms with Crippen LogP contribution in [-0.4, -0.2) is 25.2 Å². The number of amides is 1. The summed E-state index contributed by atoms with van der Waals surface area (Å²) in [6.07, 6.45) is 4.51. The van der Waals surface area contributed by atoms with Crippen LogP contribution in [0.5, 0.6) is 0 Å². The quantitative estimate of drug-likeness (QED) is 0.939. The summed E-state index contributed by atoms with van der Waals surface area (Å²) in [6, 6.07) is 10.4. The van der Waals surface area contributed by atoms with Crippen LogP contribution >= 0.6 is 0 Å². The molecule has 1 fully saturated rings. The Morgan fingerprint density at radius 3 is 2.86 bits per heavy atom. The first kappa shape index (κ1) is 12.8. The Morgan fingerprint density at radius 1 is 1.19 bits per heavy atom. The van der Waals surface area contributed by atoms with Crippen molar-refractivity contribution < 1.29 is 9.53 Å². The highest BCUT2D eigenvalue weighted by molar-refractivity contribution is 6.09. The molecule has 1 heterocycles. The standard InChI is InChI=1S/C18H19NO2/c20-18(19-11-14-4-2-10-21-14)16-9-8-13-7-6-12-3-1-5-15(16)17(12)13/h1,3,5,8-9,14H,2,4,6-7,10-11H2,(H,19,20). The van der Waals surface area contributed by atoms with Crippen LogP contribution in [0.3, 0.4) is 0 Å². The molecule has 1 aliphatic heterocycles. The lowest BCUT2D eigenvalue weighted by molar-refractivity contribution is 0.0859. The number of aryl methyl sites for hydroxylation is 2. The summed E-state index contributed by atoms with van der Waals surface area (Å²) in [6.45, 7) is 1.43. The predicted octanol–water partition coefficient (Wildman–Crippen LogP) is 2.85. The van der Waals surface area contributed by atoms with Crippen molar-refractivity contribution in [3.63, 3.8) is 0 Å². The van der Waals surface area contributed by atoms with Gasteiger partial charge in [-0.3, -0.25) is 4.79 Å². The zero-order valence-corrected chi connectivity index (χ0v) is 12.0. The maximum absolute atomic E-state index is 12.5. The van der Waals surface area contributed by atoms with Crippen molar-refractivity contribution in [2.45, 2.75) is 31.8 Å². The molecule has 0 saturated carbocycles. The van der Waals surface area contributed by atoms with E-state index in [-0.39, 0.29) is 12.0 Å². The van der Waals surface area contributed by atoms with Gasteiger partial charge >= 0.3 is 0 Å². The number of benzene rings is 2. The van der Waals surface area contributed by atoms with Crippen molar-refractivity contribution in [2.75, 3.05) is 13.2 Å². The van der Waals surface area contributed by atoms with Crippen LogP contribution in [0, 0.1) is 0 Å². The molecular weight excluding hydrogens is 262 g/mol. The van der Waals surface area contributed by atoms with E-state index in [2.05, 4.69) is 29.6 Å². The van der Waals surface area contributed by atoms with Gasteiger partial charge in [-0.1, -0.05) is 24.3 Å². The van der Waals surface area contributed by atoms with Crippen LogP contribution in [-0.2, 0) is 17.6 Å². The Balaban J connectivity index is 1.63. The maximum Gasteiger partial charge on any atom is 0.252 e. The Morgan fingerprint density at radius 2 is 2.05 bits per heavy atom. The van der Waals surface area contributed by atoms with Crippen LogP contribution in [0.2, 0.25) is 0 Å². The molecule has 1 saturated heterocycles. The molecule has 1 atom stereocenters. The Kier molecular flexibility index (Phi) is 3.15. The molecule has 1 N–H and O–H groups in total. The van der Waals surface area contributed by atoms with Crippen molar-refractivity contribution in [3.05, 3.63) is 47.0 Å². The van der Waals surface area contributed by atoms with Gasteiger partial charge < -0.3 is 10.1 Å². The Labute approximate surface area is 124 Å². The van der Waals surface area contributed by atoms with E-state index in [1.807, 2.05) is 6.07 Å². The third-order valence-corrected chi connectivity index (χ3v) is 4.64. The minimum absolute atomic E-state index is 0.0149. The molecule has 4 rings (SSSR count). The number of nitrogens with one attached hydrogen (secondary N) is 1. The van der Waals surface area contributed by atoms with Crippen molar-refractivity contribution >= 4 is 16.7 Å². The van der Waals surface area contributed by atoms with Gasteiger partial charge in [0.2, 0.25) is 0 Å². The molecule has 2 aromatic carbocycles. The van der Waals surface area contributed by atoms with Gasteiger partial charge in [0.15, 0.2) is 0 Å². The largest absolute Gasteiger partial charge is 0.376 e. The first-order chi connectivity index (χ1) is 10.3. The summed E-state index contributed by atoms with van der Waals surface area (Å²) in [5.74, 6) is 0.0149. The van der Waals surface area contributed by atoms with Gasteiger partial charge in [0, 0.05) is 18.7 Å². The van der Waals surface area contributed by atoms with Crippen molar-refractivity contribution in [3.8, 4) is 0 Å². The third kappa shape index (κ3) is 2.22. The number of hydrogen-bond donors (Lipinski definition) is 1. The SMILES string of the molecule is O=C(NCC1CCCO1)c1ccc2c3c(cccc13)CC2. The molecule has 2 aliphatic rings. The topological polar surface area (TPSA) is 38.3 Å². The molecule has 0 bridgehead atoms. The van der Waals surface area contributed by atoms with Crippen molar-refractivity contribution in [1.82, 2.24) is 5.32 Å². The van der Waals surface area contributed by atoms with Crippen LogP contribution < -0.4 is 5.32 Å². The number of carbonyl (C=O) groups is 1. The fourth-order valence-corrected chi connectivity index (χ4v) is 3.55. The zero-order valence-electron chi connectivity index (χ0n) is 12.0. The van der Waals surface area contributed by atoms with Gasteiger partial charge in [-0.05, 0) is 53.6 Å². The first-order valence-corrected chi connectivity index (χ1v) is 7.76. The number of ether oxygens (including phenoxy) is 1. The number of rotatable bonds is 3. The summed E-state index contributed by atoms with van der Waals surface area (Å²) in [7, 11) is 0. The smallest absolute Gasteiger partial charge is 0.252 e. The maximum atomic E-state index is 12.5. The molecule has 1 amide bonds. The molecule has 0 spiro atoms. The van der Waals surface area contributed by atoms with E-state index in [9.17, 15) is 4.79 Å². The van der Waals surface area contributed by atoms with Gasteiger partial charge in [-0.25, -0.2) is 0 Å². The highest BCUT2D eigenvalue weighted by Crippen LogP contribution is 2.32. The highest BCUT2D eigenvalue weighted by Gasteiger charge is 2.20. The molecular formula is C18H19NO2. The monoisotopic (exact) mass is 281 g/mol. The third-order valence-electron chi connectivity index (χ3n) is 4.64. The molecule has 0 radical (unpaired) electrons. The molecule has 108 valence electrons. The van der Waals surface area contributed by atoms with Gasteiger partial charge in [0.25, 0.3) is 5.91 Å². The fourth-order valence-electron chi connectivity index (χ4n) is 3.55. The van der Waals surface area contributed by atoms with Crippen LogP contribution in [0.1, 0.15) is 34.3 Å². The van der Waals surface area contributed by atoms with Crippen molar-refractivity contribution in [2.24, 2.45) is 0 Å². The predicted molar refractivity (Wildman–Crippen MR) is 82.7 cm³/mol. The van der Waals surface area contributed by atoms with Crippen LogP contribution in [0.15, 0.2) is 30.3 Å². The summed E-state index contributed by atoms with van der Waals surface area (Å²) >= 11 is 0. The van der Waals surface area contributed by atoms with Gasteiger partial charge in [-0.2, -0.15) is 0 Å². The van der Waals surface area contributed by atoms with Gasteiger partial charge in [0.1, 0.15) is 0 Å². The molecule has 1 unspecified atom stereocenters. The summed E-state index contributed by atoms with van der Waals surface area (Å²) < 4.78 is 5.56. The Bertz CT molecular complexity index is 691. The van der Waals surface area contributed by atoms with E-state index >= 15 is 0 Å². The molecule has 21 heavy (non-hydrogen) atoms. The van der Waals surface area contributed by atoms with E-state index < -0.39 is 0 Å². The first-order valence-electron chi connectivity index (χ1n) is 7.76. The normalized spacial score (nSPS) is 20.1. The van der Waals surface area contributed by atoms with Crippen molar-refractivity contribution in [1.29, 1.82) is 0 Å². The summed E-state index contributed by atoms with van der Waals surface area (Å²) in [5.41, 5.74) is 3.53. The number of hydrogen-bond acceptors (Lipinski definition) is 2. The highest BCUT2D eigenvalue weighted by atomic mass is 16.5. The lowest BCUT2D eigenvalue weighted by Gasteiger charge is -2.12. The van der Waals surface area contributed by atoms with E-state index in [4.69, 9.17) is 4.74 Å². The molecule has 1 aliphatic carbocycles.